The van der Waals surface area contributed by atoms with Gasteiger partial charge in [0.1, 0.15) is 0 Å². The van der Waals surface area contributed by atoms with Crippen LogP contribution in [-0.4, -0.2) is 28.3 Å². The molecule has 0 aliphatic heterocycles. The standard InChI is InChI=1S/C9H13NO3S/c11-6-1-2-7-13-8-4-3-5-10(12)9(8)14/h3-5,11-12H,1-2,6-7H2. The van der Waals surface area contributed by atoms with Gasteiger partial charge in [0.2, 0.25) is 0 Å². The summed E-state index contributed by atoms with van der Waals surface area (Å²) in [6, 6.07) is 3.35. The van der Waals surface area contributed by atoms with Crippen molar-refractivity contribution in [2.24, 2.45) is 0 Å². The van der Waals surface area contributed by atoms with E-state index in [1.165, 1.54) is 6.20 Å². The summed E-state index contributed by atoms with van der Waals surface area (Å²) in [5.74, 6) is 0.489. The lowest BCUT2D eigenvalue weighted by molar-refractivity contribution is 0.173. The molecule has 1 aromatic heterocycles. The van der Waals surface area contributed by atoms with Crippen LogP contribution in [0.2, 0.25) is 0 Å². The summed E-state index contributed by atoms with van der Waals surface area (Å²) in [5.41, 5.74) is 0. The second kappa shape index (κ2) is 5.62. The molecule has 0 aliphatic carbocycles. The van der Waals surface area contributed by atoms with Gasteiger partial charge in [-0.3, -0.25) is 0 Å². The maximum Gasteiger partial charge on any atom is 0.184 e. The molecule has 0 unspecified atom stereocenters. The van der Waals surface area contributed by atoms with Gasteiger partial charge in [0, 0.05) is 12.8 Å². The van der Waals surface area contributed by atoms with E-state index in [2.05, 4.69) is 0 Å². The van der Waals surface area contributed by atoms with Crippen molar-refractivity contribution in [2.45, 2.75) is 12.8 Å². The van der Waals surface area contributed by atoms with Gasteiger partial charge in [-0.05, 0) is 25.0 Å². The Kier molecular flexibility index (Phi) is 4.42. The van der Waals surface area contributed by atoms with E-state index in [4.69, 9.17) is 22.1 Å². The molecule has 0 aliphatic rings. The van der Waals surface area contributed by atoms with E-state index in [1.54, 1.807) is 12.1 Å². The van der Waals surface area contributed by atoms with Crippen LogP contribution in [-0.2, 0) is 0 Å². The molecule has 1 rings (SSSR count). The average Bonchev–Trinajstić information content (AvgIpc) is 2.19. The van der Waals surface area contributed by atoms with Crippen LogP contribution in [0.25, 0.3) is 0 Å². The quantitative estimate of drug-likeness (QED) is 0.445. The van der Waals surface area contributed by atoms with Gasteiger partial charge in [0.05, 0.1) is 6.61 Å². The molecule has 0 aromatic carbocycles. The highest BCUT2D eigenvalue weighted by atomic mass is 32.1. The second-order valence-corrected chi connectivity index (χ2v) is 3.19. The molecule has 0 amide bonds. The minimum absolute atomic E-state index is 0.166. The Morgan fingerprint density at radius 1 is 1.43 bits per heavy atom. The van der Waals surface area contributed by atoms with Gasteiger partial charge in [-0.2, -0.15) is 4.73 Å². The van der Waals surface area contributed by atoms with Crippen LogP contribution in [0.15, 0.2) is 18.3 Å². The van der Waals surface area contributed by atoms with Gasteiger partial charge < -0.3 is 15.1 Å². The third-order valence-corrected chi connectivity index (χ3v) is 2.09. The lowest BCUT2D eigenvalue weighted by Gasteiger charge is -2.06. The summed E-state index contributed by atoms with van der Waals surface area (Å²) in [4.78, 5) is 0. The van der Waals surface area contributed by atoms with Gasteiger partial charge in [0.25, 0.3) is 0 Å². The molecule has 0 saturated heterocycles. The van der Waals surface area contributed by atoms with E-state index in [0.717, 1.165) is 11.2 Å². The van der Waals surface area contributed by atoms with Crippen LogP contribution in [0, 0.1) is 4.64 Å². The van der Waals surface area contributed by atoms with Crippen molar-refractivity contribution in [3.8, 4) is 5.75 Å². The number of aromatic nitrogens is 1. The van der Waals surface area contributed by atoms with Gasteiger partial charge in [-0.1, -0.05) is 12.2 Å². The van der Waals surface area contributed by atoms with Crippen LogP contribution in [0.4, 0.5) is 0 Å². The van der Waals surface area contributed by atoms with Crippen molar-refractivity contribution in [3.05, 3.63) is 23.0 Å². The predicted molar refractivity (Wildman–Crippen MR) is 54.3 cm³/mol. The molecule has 0 spiro atoms. The molecule has 14 heavy (non-hydrogen) atoms. The molecule has 1 aromatic rings. The molecule has 0 radical (unpaired) electrons. The average molecular weight is 215 g/mol. The largest absolute Gasteiger partial charge is 0.490 e. The zero-order valence-electron chi connectivity index (χ0n) is 7.72. The number of hydrogen-bond donors (Lipinski definition) is 2. The van der Waals surface area contributed by atoms with Crippen LogP contribution >= 0.6 is 12.2 Å². The Morgan fingerprint density at radius 3 is 2.93 bits per heavy atom. The molecule has 78 valence electrons. The summed E-state index contributed by atoms with van der Waals surface area (Å²) in [5, 5.41) is 17.7. The Bertz CT molecular complexity index is 337. The van der Waals surface area contributed by atoms with Gasteiger partial charge in [0.15, 0.2) is 10.4 Å². The van der Waals surface area contributed by atoms with Crippen LogP contribution < -0.4 is 4.74 Å². The third kappa shape index (κ3) is 3.01. The van der Waals surface area contributed by atoms with E-state index in [0.29, 0.717) is 18.8 Å². The molecular weight excluding hydrogens is 202 g/mol. The number of pyridine rings is 1. The zero-order chi connectivity index (χ0) is 10.4. The third-order valence-electron chi connectivity index (χ3n) is 1.70. The lowest BCUT2D eigenvalue weighted by atomic mass is 10.3. The zero-order valence-corrected chi connectivity index (χ0v) is 8.54. The topological polar surface area (TPSA) is 54.6 Å². The summed E-state index contributed by atoms with van der Waals surface area (Å²) in [6.07, 6.45) is 2.92. The van der Waals surface area contributed by atoms with Crippen molar-refractivity contribution in [1.29, 1.82) is 0 Å². The van der Waals surface area contributed by atoms with E-state index in [9.17, 15) is 5.21 Å². The highest BCUT2D eigenvalue weighted by molar-refractivity contribution is 7.71. The normalized spacial score (nSPS) is 10.1. The Morgan fingerprint density at radius 2 is 2.21 bits per heavy atom. The first kappa shape index (κ1) is 11.0. The Hall–Kier alpha value is -1.07. The Labute approximate surface area is 87.3 Å². The molecule has 1 heterocycles. The maximum atomic E-state index is 9.20. The number of aliphatic hydroxyl groups excluding tert-OH is 1. The number of aliphatic hydroxyl groups is 1. The van der Waals surface area contributed by atoms with E-state index in [-0.39, 0.29) is 11.2 Å². The fourth-order valence-electron chi connectivity index (χ4n) is 0.970. The highest BCUT2D eigenvalue weighted by Gasteiger charge is 1.98. The van der Waals surface area contributed by atoms with Gasteiger partial charge >= 0.3 is 0 Å². The van der Waals surface area contributed by atoms with Crippen molar-refractivity contribution >= 4 is 12.2 Å². The number of hydrogen-bond acceptors (Lipinski definition) is 4. The van der Waals surface area contributed by atoms with E-state index >= 15 is 0 Å². The SMILES string of the molecule is OCCCCOc1cccn(O)c1=S. The summed E-state index contributed by atoms with van der Waals surface area (Å²) in [6.45, 7) is 0.660. The van der Waals surface area contributed by atoms with Crippen molar-refractivity contribution in [1.82, 2.24) is 4.73 Å². The van der Waals surface area contributed by atoms with Crippen molar-refractivity contribution in [3.63, 3.8) is 0 Å². The predicted octanol–water partition coefficient (Wildman–Crippen LogP) is 1.61. The number of unbranched alkanes of at least 4 members (excludes halogenated alkanes) is 1. The molecule has 0 fully saturated rings. The molecular formula is C9H13NO3S. The fraction of sp³-hybridized carbons (Fsp3) is 0.444. The Balaban J connectivity index is 2.51. The number of rotatable bonds is 5. The smallest absolute Gasteiger partial charge is 0.184 e. The van der Waals surface area contributed by atoms with Crippen LogP contribution in [0.3, 0.4) is 0 Å². The summed E-state index contributed by atoms with van der Waals surface area (Å²) < 4.78 is 6.43. The maximum absolute atomic E-state index is 9.20. The lowest BCUT2D eigenvalue weighted by Crippen LogP contribution is -2.02. The molecule has 4 nitrogen and oxygen atoms in total. The fourth-order valence-corrected chi connectivity index (χ4v) is 1.16. The molecule has 2 N–H and O–H groups in total. The number of nitrogens with zero attached hydrogens (tertiary/aromatic N) is 1. The van der Waals surface area contributed by atoms with E-state index in [1.807, 2.05) is 0 Å². The monoisotopic (exact) mass is 215 g/mol. The summed E-state index contributed by atoms with van der Waals surface area (Å²) in [7, 11) is 0. The first-order valence-electron chi connectivity index (χ1n) is 4.40. The first-order valence-corrected chi connectivity index (χ1v) is 4.81. The van der Waals surface area contributed by atoms with Crippen molar-refractivity contribution in [2.75, 3.05) is 13.2 Å². The van der Waals surface area contributed by atoms with Crippen LogP contribution in [0.1, 0.15) is 12.8 Å². The van der Waals surface area contributed by atoms with Crippen molar-refractivity contribution < 1.29 is 15.1 Å². The minimum Gasteiger partial charge on any atom is -0.490 e. The minimum atomic E-state index is 0.166. The second-order valence-electron chi connectivity index (χ2n) is 2.80. The van der Waals surface area contributed by atoms with Gasteiger partial charge in [-0.25, -0.2) is 0 Å². The molecule has 0 saturated carbocycles. The molecule has 0 atom stereocenters. The summed E-state index contributed by atoms with van der Waals surface area (Å²) >= 11 is 4.91. The van der Waals surface area contributed by atoms with Crippen LogP contribution in [0.5, 0.6) is 5.75 Å². The van der Waals surface area contributed by atoms with E-state index < -0.39 is 0 Å². The molecule has 0 bridgehead atoms. The molecule has 5 heteroatoms. The highest BCUT2D eigenvalue weighted by Crippen LogP contribution is 2.12. The first-order chi connectivity index (χ1) is 6.75. The van der Waals surface area contributed by atoms with Gasteiger partial charge in [-0.15, -0.1) is 0 Å². The number of ether oxygens (including phenoxy) is 1.